The van der Waals surface area contributed by atoms with Crippen molar-refractivity contribution in [2.45, 2.75) is 77.7 Å². The van der Waals surface area contributed by atoms with Gasteiger partial charge in [0.15, 0.2) is 0 Å². The number of benzene rings is 2. The van der Waals surface area contributed by atoms with Gasteiger partial charge in [-0.2, -0.15) is 5.10 Å². The topological polar surface area (TPSA) is 44.7 Å². The molecule has 0 spiro atoms. The van der Waals surface area contributed by atoms with Crippen LogP contribution in [0.4, 0.5) is 5.69 Å². The van der Waals surface area contributed by atoms with Crippen LogP contribution in [0.3, 0.4) is 0 Å². The summed E-state index contributed by atoms with van der Waals surface area (Å²) in [7, 11) is 0. The third-order valence-electron chi connectivity index (χ3n) is 7.59. The number of hydrazone groups is 1. The highest BCUT2D eigenvalue weighted by atomic mass is 16.2. The Kier molecular flexibility index (Phi) is 7.52. The molecule has 2 atom stereocenters. The van der Waals surface area contributed by atoms with Crippen LogP contribution in [-0.4, -0.2) is 23.7 Å². The second-order valence-corrected chi connectivity index (χ2v) is 10.1. The lowest BCUT2D eigenvalue weighted by atomic mass is 9.76. The van der Waals surface area contributed by atoms with Gasteiger partial charge in [-0.3, -0.25) is 4.79 Å². The fourth-order valence-corrected chi connectivity index (χ4v) is 5.46. The van der Waals surface area contributed by atoms with E-state index in [-0.39, 0.29) is 11.8 Å². The predicted molar refractivity (Wildman–Crippen MR) is 138 cm³/mol. The molecular formula is C29H39N3O. The average molecular weight is 446 g/mol. The second-order valence-electron chi connectivity index (χ2n) is 10.1. The summed E-state index contributed by atoms with van der Waals surface area (Å²) >= 11 is 0. The van der Waals surface area contributed by atoms with Gasteiger partial charge in [0.05, 0.1) is 11.4 Å². The summed E-state index contributed by atoms with van der Waals surface area (Å²) < 4.78 is 0. The fraction of sp³-hybridized carbons (Fsp3) is 0.517. The second kappa shape index (κ2) is 10.5. The van der Waals surface area contributed by atoms with E-state index in [9.17, 15) is 4.79 Å². The molecule has 0 saturated heterocycles. The van der Waals surface area contributed by atoms with Gasteiger partial charge in [-0.25, -0.2) is 5.01 Å². The first-order valence-corrected chi connectivity index (χ1v) is 12.8. The van der Waals surface area contributed by atoms with Crippen LogP contribution in [0.15, 0.2) is 59.7 Å². The molecule has 0 bridgehead atoms. The fourth-order valence-electron chi connectivity index (χ4n) is 5.46. The van der Waals surface area contributed by atoms with Gasteiger partial charge in [0.2, 0.25) is 5.91 Å². The van der Waals surface area contributed by atoms with Crippen LogP contribution in [0, 0.1) is 18.8 Å². The number of aryl methyl sites for hydroxylation is 1. The zero-order valence-corrected chi connectivity index (χ0v) is 20.5. The number of rotatable bonds is 8. The highest BCUT2D eigenvalue weighted by molar-refractivity contribution is 6.10. The van der Waals surface area contributed by atoms with Crippen molar-refractivity contribution in [2.24, 2.45) is 16.9 Å². The van der Waals surface area contributed by atoms with Gasteiger partial charge >= 0.3 is 0 Å². The zero-order valence-electron chi connectivity index (χ0n) is 20.5. The molecule has 2 aromatic rings. The average Bonchev–Trinajstić information content (AvgIpc) is 3.16. The smallest absolute Gasteiger partial charge is 0.248 e. The quantitative estimate of drug-likeness (QED) is 0.505. The monoisotopic (exact) mass is 445 g/mol. The molecule has 1 N–H and O–H groups in total. The summed E-state index contributed by atoms with van der Waals surface area (Å²) in [5, 5.41) is 10.5. The van der Waals surface area contributed by atoms with Crippen molar-refractivity contribution < 1.29 is 4.79 Å². The molecule has 1 fully saturated rings. The number of nitrogens with one attached hydrogen (secondary N) is 1. The van der Waals surface area contributed by atoms with Gasteiger partial charge in [0.25, 0.3) is 0 Å². The van der Waals surface area contributed by atoms with Gasteiger partial charge < -0.3 is 5.32 Å². The Balaban J connectivity index is 1.69. The third-order valence-corrected chi connectivity index (χ3v) is 7.59. The first-order chi connectivity index (χ1) is 16.0. The molecule has 0 radical (unpaired) electrons. The Morgan fingerprint density at radius 3 is 2.42 bits per heavy atom. The van der Waals surface area contributed by atoms with E-state index in [2.05, 4.69) is 62.5 Å². The van der Waals surface area contributed by atoms with Crippen molar-refractivity contribution >= 4 is 17.3 Å². The maximum absolute atomic E-state index is 14.0. The number of carbonyl (C=O) groups is 1. The lowest BCUT2D eigenvalue weighted by molar-refractivity contribution is -0.127. The van der Waals surface area contributed by atoms with Crippen molar-refractivity contribution in [3.8, 4) is 0 Å². The van der Waals surface area contributed by atoms with Gasteiger partial charge in [-0.05, 0) is 56.7 Å². The van der Waals surface area contributed by atoms with E-state index in [4.69, 9.17) is 5.10 Å². The number of carbonyl (C=O) groups excluding carboxylic acids is 1. The molecule has 2 aromatic carbocycles. The zero-order chi connectivity index (χ0) is 23.3. The molecule has 4 nitrogen and oxygen atoms in total. The minimum absolute atomic E-state index is 0.0340. The Labute approximate surface area is 199 Å². The highest BCUT2D eigenvalue weighted by Gasteiger charge is 2.53. The van der Waals surface area contributed by atoms with Crippen molar-refractivity contribution in [1.29, 1.82) is 0 Å². The molecule has 1 amide bonds. The molecule has 1 aliphatic heterocycles. The first kappa shape index (κ1) is 23.5. The van der Waals surface area contributed by atoms with Crippen LogP contribution in [0.2, 0.25) is 0 Å². The molecule has 1 aliphatic carbocycles. The number of amides is 1. The summed E-state index contributed by atoms with van der Waals surface area (Å²) in [5.41, 5.74) is 3.59. The first-order valence-electron chi connectivity index (χ1n) is 12.8. The molecular weight excluding hydrogens is 406 g/mol. The van der Waals surface area contributed by atoms with E-state index < -0.39 is 5.54 Å². The number of hydrogen-bond acceptors (Lipinski definition) is 3. The number of unbranched alkanes of at least 4 members (excludes halogenated alkanes) is 1. The van der Waals surface area contributed by atoms with E-state index in [0.29, 0.717) is 5.92 Å². The number of hydrogen-bond donors (Lipinski definition) is 1. The molecule has 1 saturated carbocycles. The standard InChI is InChI=1S/C29H39N3O/c1-4-5-16-26-27(24-19-17-22(2)18-20-24)31-32(25-14-10-7-11-15-25)29(26,3)28(33)30-21-23-12-8-6-9-13-23/h7,10-11,14-15,17-20,23,26H,4-6,8-9,12-13,16,21H2,1-3H3,(H,30,33). The Morgan fingerprint density at radius 2 is 1.76 bits per heavy atom. The van der Waals surface area contributed by atoms with E-state index >= 15 is 0 Å². The Hall–Kier alpha value is -2.62. The van der Waals surface area contributed by atoms with Gasteiger partial charge in [0, 0.05) is 12.5 Å². The van der Waals surface area contributed by atoms with Crippen molar-refractivity contribution in [2.75, 3.05) is 11.6 Å². The number of nitrogens with zero attached hydrogens (tertiary/aromatic N) is 2. The largest absolute Gasteiger partial charge is 0.354 e. The van der Waals surface area contributed by atoms with Crippen LogP contribution in [0.1, 0.15) is 76.3 Å². The molecule has 4 heteroatoms. The maximum atomic E-state index is 14.0. The molecule has 0 aromatic heterocycles. The van der Waals surface area contributed by atoms with Crippen molar-refractivity contribution in [3.05, 3.63) is 65.7 Å². The molecule has 176 valence electrons. The van der Waals surface area contributed by atoms with Crippen molar-refractivity contribution in [3.63, 3.8) is 0 Å². The van der Waals surface area contributed by atoms with E-state index in [1.807, 2.05) is 23.2 Å². The summed E-state index contributed by atoms with van der Waals surface area (Å²) in [6.07, 6.45) is 9.47. The Morgan fingerprint density at radius 1 is 1.06 bits per heavy atom. The van der Waals surface area contributed by atoms with Crippen LogP contribution < -0.4 is 10.3 Å². The maximum Gasteiger partial charge on any atom is 0.248 e. The predicted octanol–water partition coefficient (Wildman–Crippen LogP) is 6.48. The molecule has 1 heterocycles. The Bertz CT molecular complexity index is 947. The summed E-state index contributed by atoms with van der Waals surface area (Å²) in [4.78, 5) is 14.0. The summed E-state index contributed by atoms with van der Waals surface area (Å²) in [6.45, 7) is 7.19. The summed E-state index contributed by atoms with van der Waals surface area (Å²) in [6, 6.07) is 18.8. The van der Waals surface area contributed by atoms with E-state index in [1.165, 1.54) is 37.7 Å². The van der Waals surface area contributed by atoms with Gasteiger partial charge in [-0.15, -0.1) is 0 Å². The summed E-state index contributed by atoms with van der Waals surface area (Å²) in [5.74, 6) is 0.736. The van der Waals surface area contributed by atoms with Gasteiger partial charge in [-0.1, -0.05) is 87.1 Å². The van der Waals surface area contributed by atoms with Crippen molar-refractivity contribution in [1.82, 2.24) is 5.32 Å². The van der Waals surface area contributed by atoms with E-state index in [1.54, 1.807) is 0 Å². The molecule has 33 heavy (non-hydrogen) atoms. The highest BCUT2D eigenvalue weighted by Crippen LogP contribution is 2.41. The van der Waals surface area contributed by atoms with Crippen LogP contribution in [0.5, 0.6) is 0 Å². The third kappa shape index (κ3) is 5.00. The minimum Gasteiger partial charge on any atom is -0.354 e. The molecule has 4 rings (SSSR count). The normalized spacial score (nSPS) is 23.4. The lowest BCUT2D eigenvalue weighted by Crippen LogP contribution is -2.58. The lowest BCUT2D eigenvalue weighted by Gasteiger charge is -2.38. The van der Waals surface area contributed by atoms with Gasteiger partial charge in [0.1, 0.15) is 5.54 Å². The van der Waals surface area contributed by atoms with Crippen LogP contribution in [-0.2, 0) is 4.79 Å². The van der Waals surface area contributed by atoms with Crippen LogP contribution in [0.25, 0.3) is 0 Å². The SMILES string of the molecule is CCCCC1C(c2ccc(C)cc2)=NN(c2ccccc2)C1(C)C(=O)NCC1CCCCC1. The van der Waals surface area contributed by atoms with Crippen LogP contribution >= 0.6 is 0 Å². The molecule has 2 unspecified atom stereocenters. The number of para-hydroxylation sites is 1. The minimum atomic E-state index is -0.759. The number of anilines is 1. The van der Waals surface area contributed by atoms with E-state index in [0.717, 1.165) is 42.8 Å². The molecule has 2 aliphatic rings.